The van der Waals surface area contributed by atoms with Crippen molar-refractivity contribution in [3.05, 3.63) is 53.5 Å². The van der Waals surface area contributed by atoms with Gasteiger partial charge in [-0.2, -0.15) is 0 Å². The van der Waals surface area contributed by atoms with Gasteiger partial charge >= 0.3 is 0 Å². The van der Waals surface area contributed by atoms with E-state index >= 15 is 0 Å². The Morgan fingerprint density at radius 3 is 2.82 bits per heavy atom. The Labute approximate surface area is 103 Å². The second-order valence-electron chi connectivity index (χ2n) is 3.78. The van der Waals surface area contributed by atoms with E-state index in [1.165, 1.54) is 22.3 Å². The fourth-order valence-electron chi connectivity index (χ4n) is 1.83. The molecule has 3 rings (SSSR count). The van der Waals surface area contributed by atoms with Crippen molar-refractivity contribution in [1.29, 1.82) is 0 Å². The van der Waals surface area contributed by atoms with Crippen molar-refractivity contribution in [3.8, 4) is 0 Å². The lowest BCUT2D eigenvalue weighted by molar-refractivity contribution is 1.00. The molecule has 0 aliphatic heterocycles. The lowest BCUT2D eigenvalue weighted by Crippen LogP contribution is -2.00. The fraction of sp³-hybridized carbons (Fsp3) is 0.0769. The maximum absolute atomic E-state index is 4.02. The first-order chi connectivity index (χ1) is 8.43. The Morgan fingerprint density at radius 1 is 1.06 bits per heavy atom. The van der Waals surface area contributed by atoms with E-state index in [4.69, 9.17) is 0 Å². The van der Waals surface area contributed by atoms with E-state index in [2.05, 4.69) is 57.4 Å². The Morgan fingerprint density at radius 2 is 1.94 bits per heavy atom. The first kappa shape index (κ1) is 10.2. The van der Waals surface area contributed by atoms with Gasteiger partial charge in [0, 0.05) is 16.5 Å². The zero-order chi connectivity index (χ0) is 11.5. The molecule has 0 amide bonds. The average molecular weight is 241 g/mol. The van der Waals surface area contributed by atoms with Crippen LogP contribution in [0.4, 0.5) is 5.69 Å². The van der Waals surface area contributed by atoms with Gasteiger partial charge in [0.25, 0.3) is 0 Å². The molecular weight excluding hydrogens is 230 g/mol. The van der Waals surface area contributed by atoms with Gasteiger partial charge in [-0.3, -0.25) is 0 Å². The quantitative estimate of drug-likeness (QED) is 0.764. The monoisotopic (exact) mass is 241 g/mol. The van der Waals surface area contributed by atoms with E-state index in [1.807, 2.05) is 5.38 Å². The van der Waals surface area contributed by atoms with Crippen molar-refractivity contribution in [3.63, 3.8) is 0 Å². The maximum Gasteiger partial charge on any atom is 0.0946 e. The molecule has 4 heteroatoms. The first-order valence-electron chi connectivity index (χ1n) is 5.41. The highest BCUT2D eigenvalue weighted by Gasteiger charge is 2.00. The molecule has 0 bridgehead atoms. The summed E-state index contributed by atoms with van der Waals surface area (Å²) in [5.74, 6) is 0. The van der Waals surface area contributed by atoms with Crippen molar-refractivity contribution in [2.24, 2.45) is 0 Å². The molecule has 3 nitrogen and oxygen atoms in total. The lowest BCUT2D eigenvalue weighted by atomic mass is 10.1. The molecular formula is C13H11N3S. The molecule has 1 heterocycles. The van der Waals surface area contributed by atoms with E-state index in [9.17, 15) is 0 Å². The summed E-state index contributed by atoms with van der Waals surface area (Å²) in [6.45, 7) is 0.713. The number of anilines is 1. The van der Waals surface area contributed by atoms with Crippen molar-refractivity contribution in [1.82, 2.24) is 9.59 Å². The van der Waals surface area contributed by atoms with Crippen LogP contribution in [-0.4, -0.2) is 9.59 Å². The summed E-state index contributed by atoms with van der Waals surface area (Å²) in [4.78, 5) is 0. The van der Waals surface area contributed by atoms with Gasteiger partial charge in [0.05, 0.1) is 12.2 Å². The van der Waals surface area contributed by atoms with Crippen molar-refractivity contribution < 1.29 is 0 Å². The number of nitrogens with one attached hydrogen (secondary N) is 1. The van der Waals surface area contributed by atoms with Gasteiger partial charge in [-0.25, -0.2) is 0 Å². The van der Waals surface area contributed by atoms with Gasteiger partial charge in [0.15, 0.2) is 0 Å². The molecule has 1 N–H and O–H groups in total. The minimum absolute atomic E-state index is 0.713. The number of benzene rings is 2. The van der Waals surface area contributed by atoms with Gasteiger partial charge < -0.3 is 5.32 Å². The highest BCUT2D eigenvalue weighted by atomic mass is 32.1. The van der Waals surface area contributed by atoms with Crippen molar-refractivity contribution >= 4 is 28.0 Å². The first-order valence-corrected chi connectivity index (χ1v) is 6.25. The zero-order valence-electron chi connectivity index (χ0n) is 9.13. The minimum atomic E-state index is 0.713. The second kappa shape index (κ2) is 4.51. The van der Waals surface area contributed by atoms with Crippen LogP contribution in [0.2, 0.25) is 0 Å². The van der Waals surface area contributed by atoms with Gasteiger partial charge in [-0.05, 0) is 23.0 Å². The minimum Gasteiger partial charge on any atom is -0.379 e. The Balaban J connectivity index is 1.90. The molecule has 0 saturated heterocycles. The third kappa shape index (κ3) is 2.12. The lowest BCUT2D eigenvalue weighted by Gasteiger charge is -2.08. The molecule has 17 heavy (non-hydrogen) atoms. The summed E-state index contributed by atoms with van der Waals surface area (Å²) in [5, 5.41) is 11.8. The molecule has 0 saturated carbocycles. The van der Waals surface area contributed by atoms with Crippen LogP contribution in [0, 0.1) is 0 Å². The van der Waals surface area contributed by atoms with Crippen LogP contribution in [0.5, 0.6) is 0 Å². The van der Waals surface area contributed by atoms with E-state index in [-0.39, 0.29) is 0 Å². The van der Waals surface area contributed by atoms with E-state index in [1.54, 1.807) is 0 Å². The fourth-order valence-corrected chi connectivity index (χ4v) is 2.28. The Bertz CT molecular complexity index is 614. The van der Waals surface area contributed by atoms with Crippen molar-refractivity contribution in [2.75, 3.05) is 5.32 Å². The third-order valence-corrected chi connectivity index (χ3v) is 3.21. The number of rotatable bonds is 3. The summed E-state index contributed by atoms with van der Waals surface area (Å²) in [6, 6.07) is 14.6. The molecule has 2 aromatic carbocycles. The summed E-state index contributed by atoms with van der Waals surface area (Å²) >= 11 is 1.38. The highest BCUT2D eigenvalue weighted by Crippen LogP contribution is 2.23. The van der Waals surface area contributed by atoms with Crippen LogP contribution >= 0.6 is 11.5 Å². The van der Waals surface area contributed by atoms with Gasteiger partial charge in [0.2, 0.25) is 0 Å². The molecule has 0 atom stereocenters. The normalized spacial score (nSPS) is 10.6. The van der Waals surface area contributed by atoms with Crippen LogP contribution in [-0.2, 0) is 6.54 Å². The van der Waals surface area contributed by atoms with Crippen LogP contribution in [0.15, 0.2) is 47.8 Å². The SMILES string of the molecule is c1ccc2c(NCc3csnn3)cccc2c1. The summed E-state index contributed by atoms with van der Waals surface area (Å²) in [7, 11) is 0. The van der Waals surface area contributed by atoms with Crippen LogP contribution in [0.3, 0.4) is 0 Å². The zero-order valence-corrected chi connectivity index (χ0v) is 9.95. The average Bonchev–Trinajstić information content (AvgIpc) is 2.89. The third-order valence-electron chi connectivity index (χ3n) is 2.65. The molecule has 0 aliphatic carbocycles. The molecule has 0 radical (unpaired) electrons. The summed E-state index contributed by atoms with van der Waals surface area (Å²) < 4.78 is 3.85. The molecule has 3 aromatic rings. The van der Waals surface area contributed by atoms with Crippen LogP contribution < -0.4 is 5.32 Å². The summed E-state index contributed by atoms with van der Waals surface area (Å²) in [5.41, 5.74) is 2.11. The summed E-state index contributed by atoms with van der Waals surface area (Å²) in [6.07, 6.45) is 0. The highest BCUT2D eigenvalue weighted by molar-refractivity contribution is 7.03. The van der Waals surface area contributed by atoms with E-state index in [0.29, 0.717) is 6.54 Å². The largest absolute Gasteiger partial charge is 0.379 e. The molecule has 1 aromatic heterocycles. The van der Waals surface area contributed by atoms with E-state index < -0.39 is 0 Å². The number of fused-ring (bicyclic) bond motifs is 1. The Kier molecular flexibility index (Phi) is 2.71. The predicted octanol–water partition coefficient (Wildman–Crippen LogP) is 3.30. The second-order valence-corrected chi connectivity index (χ2v) is 4.39. The van der Waals surface area contributed by atoms with Crippen molar-refractivity contribution in [2.45, 2.75) is 6.54 Å². The van der Waals surface area contributed by atoms with Crippen LogP contribution in [0.1, 0.15) is 5.69 Å². The number of hydrogen-bond donors (Lipinski definition) is 1. The van der Waals surface area contributed by atoms with E-state index in [0.717, 1.165) is 11.4 Å². The molecule has 0 aliphatic rings. The topological polar surface area (TPSA) is 37.8 Å². The number of nitrogens with zero attached hydrogens (tertiary/aromatic N) is 2. The standard InChI is InChI=1S/C13H11N3S/c1-2-6-12-10(4-1)5-3-7-13(12)14-8-11-9-17-16-15-11/h1-7,9,14H,8H2. The molecule has 0 fully saturated rings. The smallest absolute Gasteiger partial charge is 0.0946 e. The molecule has 0 spiro atoms. The maximum atomic E-state index is 4.02. The molecule has 0 unspecified atom stereocenters. The van der Waals surface area contributed by atoms with Gasteiger partial charge in [0.1, 0.15) is 0 Å². The predicted molar refractivity (Wildman–Crippen MR) is 71.2 cm³/mol. The Hall–Kier alpha value is -1.94. The van der Waals surface area contributed by atoms with Crippen LogP contribution in [0.25, 0.3) is 10.8 Å². The van der Waals surface area contributed by atoms with Gasteiger partial charge in [-0.1, -0.05) is 40.9 Å². The number of aromatic nitrogens is 2. The van der Waals surface area contributed by atoms with Gasteiger partial charge in [-0.15, -0.1) is 5.10 Å². The molecule has 84 valence electrons. The number of hydrogen-bond acceptors (Lipinski definition) is 4.